The summed E-state index contributed by atoms with van der Waals surface area (Å²) in [4.78, 5) is 36.3. The first kappa shape index (κ1) is 18.6. The second kappa shape index (κ2) is 9.58. The second-order valence-electron chi connectivity index (χ2n) is 5.06. The quantitative estimate of drug-likeness (QED) is 0.667. The van der Waals surface area contributed by atoms with Gasteiger partial charge in [-0.2, -0.15) is 0 Å². The van der Waals surface area contributed by atoms with E-state index >= 15 is 0 Å². The minimum Gasteiger partial charge on any atom is -0.355 e. The Labute approximate surface area is 136 Å². The molecular weight excluding hydrogens is 296 g/mol. The Balaban J connectivity index is 2.51. The maximum atomic E-state index is 12.0. The van der Waals surface area contributed by atoms with E-state index in [1.807, 2.05) is 13.8 Å². The fourth-order valence-corrected chi connectivity index (χ4v) is 1.98. The highest BCUT2D eigenvalue weighted by atomic mass is 16.2. The molecule has 126 valence electrons. The van der Waals surface area contributed by atoms with Crippen molar-refractivity contribution in [1.82, 2.24) is 10.2 Å². The maximum Gasteiger partial charge on any atom is 0.238 e. The van der Waals surface area contributed by atoms with Crippen LogP contribution in [0.15, 0.2) is 24.3 Å². The molecule has 0 aliphatic heterocycles. The molecule has 1 aromatic rings. The van der Waals surface area contributed by atoms with Crippen molar-refractivity contribution in [2.45, 2.75) is 20.8 Å². The SMILES string of the molecule is CCNC(=O)CN(CC)CC(=O)Nc1ccc(NC(C)=O)cc1. The van der Waals surface area contributed by atoms with Gasteiger partial charge in [-0.25, -0.2) is 0 Å². The molecular formula is C16H24N4O3. The summed E-state index contributed by atoms with van der Waals surface area (Å²) in [7, 11) is 0. The number of nitrogens with zero attached hydrogens (tertiary/aromatic N) is 1. The molecule has 0 bridgehead atoms. The van der Waals surface area contributed by atoms with Crippen LogP contribution < -0.4 is 16.0 Å². The molecule has 0 aromatic heterocycles. The van der Waals surface area contributed by atoms with Crippen LogP contribution in [0, 0.1) is 0 Å². The van der Waals surface area contributed by atoms with Gasteiger partial charge in [-0.1, -0.05) is 6.92 Å². The highest BCUT2D eigenvalue weighted by molar-refractivity contribution is 5.93. The van der Waals surface area contributed by atoms with Crippen LogP contribution in [0.5, 0.6) is 0 Å². The van der Waals surface area contributed by atoms with Crippen molar-refractivity contribution in [3.05, 3.63) is 24.3 Å². The molecule has 0 atom stereocenters. The van der Waals surface area contributed by atoms with Gasteiger partial charge in [0.1, 0.15) is 0 Å². The monoisotopic (exact) mass is 320 g/mol. The van der Waals surface area contributed by atoms with Gasteiger partial charge >= 0.3 is 0 Å². The van der Waals surface area contributed by atoms with E-state index in [4.69, 9.17) is 0 Å². The van der Waals surface area contributed by atoms with Crippen molar-refractivity contribution < 1.29 is 14.4 Å². The Bertz CT molecular complexity index is 543. The number of hydrogen-bond donors (Lipinski definition) is 3. The summed E-state index contributed by atoms with van der Waals surface area (Å²) in [6, 6.07) is 6.85. The third-order valence-corrected chi connectivity index (χ3v) is 3.04. The molecule has 0 radical (unpaired) electrons. The van der Waals surface area contributed by atoms with Crippen LogP contribution in [0.4, 0.5) is 11.4 Å². The summed E-state index contributed by atoms with van der Waals surface area (Å²) in [5.74, 6) is -0.434. The fraction of sp³-hybridized carbons (Fsp3) is 0.438. The summed E-state index contributed by atoms with van der Waals surface area (Å²) >= 11 is 0. The summed E-state index contributed by atoms with van der Waals surface area (Å²) in [5.41, 5.74) is 1.31. The number of carbonyl (C=O) groups is 3. The number of amides is 3. The van der Waals surface area contributed by atoms with Crippen LogP contribution in [0.3, 0.4) is 0 Å². The van der Waals surface area contributed by atoms with Crippen LogP contribution in [0.1, 0.15) is 20.8 Å². The molecule has 0 fully saturated rings. The first-order chi connectivity index (χ1) is 10.9. The molecule has 23 heavy (non-hydrogen) atoms. The van der Waals surface area contributed by atoms with Crippen molar-refractivity contribution in [2.75, 3.05) is 36.8 Å². The zero-order chi connectivity index (χ0) is 17.2. The predicted molar refractivity (Wildman–Crippen MR) is 90.2 cm³/mol. The van der Waals surface area contributed by atoms with Crippen molar-refractivity contribution in [2.24, 2.45) is 0 Å². The zero-order valence-corrected chi connectivity index (χ0v) is 13.8. The molecule has 3 amide bonds. The average Bonchev–Trinajstić information content (AvgIpc) is 2.48. The Morgan fingerprint density at radius 3 is 1.91 bits per heavy atom. The number of benzene rings is 1. The van der Waals surface area contributed by atoms with Gasteiger partial charge in [-0.15, -0.1) is 0 Å². The number of nitrogens with one attached hydrogen (secondary N) is 3. The van der Waals surface area contributed by atoms with Crippen LogP contribution in [0.25, 0.3) is 0 Å². The molecule has 0 spiro atoms. The molecule has 7 heteroatoms. The zero-order valence-electron chi connectivity index (χ0n) is 13.8. The number of anilines is 2. The van der Waals surface area contributed by atoms with E-state index in [2.05, 4.69) is 16.0 Å². The van der Waals surface area contributed by atoms with Crippen LogP contribution in [-0.4, -0.2) is 48.8 Å². The first-order valence-electron chi connectivity index (χ1n) is 7.61. The van der Waals surface area contributed by atoms with E-state index in [1.54, 1.807) is 29.2 Å². The van der Waals surface area contributed by atoms with Crippen molar-refractivity contribution in [3.8, 4) is 0 Å². The van der Waals surface area contributed by atoms with Crippen LogP contribution in [0.2, 0.25) is 0 Å². The lowest BCUT2D eigenvalue weighted by atomic mass is 10.2. The van der Waals surface area contributed by atoms with Gasteiger partial charge in [0.25, 0.3) is 0 Å². The molecule has 0 saturated heterocycles. The molecule has 0 saturated carbocycles. The summed E-state index contributed by atoms with van der Waals surface area (Å²) < 4.78 is 0. The smallest absolute Gasteiger partial charge is 0.238 e. The van der Waals surface area contributed by atoms with Crippen LogP contribution in [-0.2, 0) is 14.4 Å². The summed E-state index contributed by atoms with van der Waals surface area (Å²) in [5, 5.41) is 8.13. The third kappa shape index (κ3) is 7.42. The largest absolute Gasteiger partial charge is 0.355 e. The fourth-order valence-electron chi connectivity index (χ4n) is 1.98. The van der Waals surface area contributed by atoms with E-state index in [-0.39, 0.29) is 30.8 Å². The number of likely N-dealkylation sites (N-methyl/N-ethyl adjacent to an activating group) is 2. The topological polar surface area (TPSA) is 90.5 Å². The molecule has 1 rings (SSSR count). The normalized spacial score (nSPS) is 10.3. The summed E-state index contributed by atoms with van der Waals surface area (Å²) in [6.45, 7) is 6.69. The minimum absolute atomic E-state index is 0.0955. The van der Waals surface area contributed by atoms with Gasteiger partial charge in [0.05, 0.1) is 13.1 Å². The molecule has 0 aliphatic carbocycles. The first-order valence-corrected chi connectivity index (χ1v) is 7.61. The number of rotatable bonds is 8. The standard InChI is InChI=1S/C16H24N4O3/c1-4-17-15(22)10-20(5-2)11-16(23)19-14-8-6-13(7-9-14)18-12(3)21/h6-9H,4-5,10-11H2,1-3H3,(H,17,22)(H,18,21)(H,19,23). The Morgan fingerprint density at radius 2 is 1.43 bits per heavy atom. The Hall–Kier alpha value is -2.41. The van der Waals surface area contributed by atoms with Crippen molar-refractivity contribution in [3.63, 3.8) is 0 Å². The van der Waals surface area contributed by atoms with Gasteiger partial charge < -0.3 is 16.0 Å². The predicted octanol–water partition coefficient (Wildman–Crippen LogP) is 1.04. The maximum absolute atomic E-state index is 12.0. The van der Waals surface area contributed by atoms with E-state index in [0.29, 0.717) is 24.5 Å². The third-order valence-electron chi connectivity index (χ3n) is 3.04. The van der Waals surface area contributed by atoms with E-state index in [9.17, 15) is 14.4 Å². The van der Waals surface area contributed by atoms with E-state index in [0.717, 1.165) is 0 Å². The average molecular weight is 320 g/mol. The van der Waals surface area contributed by atoms with Gasteiger partial charge in [0.15, 0.2) is 0 Å². The Morgan fingerprint density at radius 1 is 0.913 bits per heavy atom. The van der Waals surface area contributed by atoms with E-state index in [1.165, 1.54) is 6.92 Å². The number of hydrogen-bond acceptors (Lipinski definition) is 4. The lowest BCUT2D eigenvalue weighted by Gasteiger charge is -2.19. The van der Waals surface area contributed by atoms with Gasteiger partial charge in [0, 0.05) is 24.8 Å². The van der Waals surface area contributed by atoms with Crippen molar-refractivity contribution in [1.29, 1.82) is 0 Å². The minimum atomic E-state index is -0.191. The molecule has 1 aromatic carbocycles. The van der Waals surface area contributed by atoms with Crippen LogP contribution >= 0.6 is 0 Å². The summed E-state index contributed by atoms with van der Waals surface area (Å²) in [6.07, 6.45) is 0. The Kier molecular flexibility index (Phi) is 7.76. The molecule has 7 nitrogen and oxygen atoms in total. The highest BCUT2D eigenvalue weighted by Gasteiger charge is 2.12. The highest BCUT2D eigenvalue weighted by Crippen LogP contribution is 2.13. The van der Waals surface area contributed by atoms with Crippen molar-refractivity contribution >= 4 is 29.1 Å². The van der Waals surface area contributed by atoms with Gasteiger partial charge in [-0.3, -0.25) is 19.3 Å². The van der Waals surface area contributed by atoms with Gasteiger partial charge in [0.2, 0.25) is 17.7 Å². The lowest BCUT2D eigenvalue weighted by molar-refractivity contribution is -0.123. The molecule has 0 unspecified atom stereocenters. The lowest BCUT2D eigenvalue weighted by Crippen LogP contribution is -2.41. The van der Waals surface area contributed by atoms with E-state index < -0.39 is 0 Å². The van der Waals surface area contributed by atoms with Gasteiger partial charge in [-0.05, 0) is 37.7 Å². The second-order valence-corrected chi connectivity index (χ2v) is 5.06. The number of carbonyl (C=O) groups excluding carboxylic acids is 3. The molecule has 0 heterocycles. The molecule has 0 aliphatic rings. The molecule has 3 N–H and O–H groups in total.